The maximum atomic E-state index is 14.1. The van der Waals surface area contributed by atoms with Gasteiger partial charge in [-0.2, -0.15) is 0 Å². The lowest BCUT2D eigenvalue weighted by molar-refractivity contribution is -0.141. The van der Waals surface area contributed by atoms with Gasteiger partial charge >= 0.3 is 0 Å². The fourth-order valence-electron chi connectivity index (χ4n) is 4.22. The van der Waals surface area contributed by atoms with Crippen molar-refractivity contribution in [3.05, 3.63) is 94.5 Å². The molecule has 2 amide bonds. The second-order valence-corrected chi connectivity index (χ2v) is 13.2. The number of aryl methyl sites for hydroxylation is 1. The molecule has 0 bridgehead atoms. The van der Waals surface area contributed by atoms with Crippen molar-refractivity contribution < 1.29 is 18.0 Å². The van der Waals surface area contributed by atoms with Crippen molar-refractivity contribution >= 4 is 43.5 Å². The van der Waals surface area contributed by atoms with E-state index in [9.17, 15) is 18.0 Å². The number of anilines is 1. The Kier molecular flexibility index (Phi) is 9.96. The summed E-state index contributed by atoms with van der Waals surface area (Å²) in [5.74, 6) is -0.763. The Balaban J connectivity index is 2.08. The molecule has 3 aromatic carbocycles. The fraction of sp³-hybridized carbons (Fsp3) is 0.333. The Morgan fingerprint density at radius 3 is 2.18 bits per heavy atom. The van der Waals surface area contributed by atoms with E-state index in [1.807, 2.05) is 58.9 Å². The second kappa shape index (κ2) is 12.8. The van der Waals surface area contributed by atoms with Gasteiger partial charge < -0.3 is 10.2 Å². The molecule has 9 heteroatoms. The molecule has 208 valence electrons. The van der Waals surface area contributed by atoms with Crippen molar-refractivity contribution in [3.63, 3.8) is 0 Å². The number of sulfonamides is 1. The summed E-state index contributed by atoms with van der Waals surface area (Å²) < 4.78 is 29.5. The van der Waals surface area contributed by atoms with Crippen molar-refractivity contribution in [1.82, 2.24) is 10.2 Å². The molecule has 0 heterocycles. The molecule has 0 aromatic heterocycles. The van der Waals surface area contributed by atoms with Gasteiger partial charge in [-0.25, -0.2) is 8.42 Å². The lowest BCUT2D eigenvalue weighted by atomic mass is 10.0. The van der Waals surface area contributed by atoms with Crippen LogP contribution in [0.2, 0.25) is 0 Å². The summed E-state index contributed by atoms with van der Waals surface area (Å²) in [7, 11) is -4.10. The first-order chi connectivity index (χ1) is 18.3. The van der Waals surface area contributed by atoms with Gasteiger partial charge in [-0.3, -0.25) is 13.9 Å². The first-order valence-corrected chi connectivity index (χ1v) is 15.1. The van der Waals surface area contributed by atoms with E-state index >= 15 is 0 Å². The van der Waals surface area contributed by atoms with E-state index in [2.05, 4.69) is 21.2 Å². The number of nitrogens with zero attached hydrogens (tertiary/aromatic N) is 2. The zero-order valence-corrected chi connectivity index (χ0v) is 25.4. The first kappa shape index (κ1) is 30.4. The van der Waals surface area contributed by atoms with E-state index in [4.69, 9.17) is 0 Å². The minimum absolute atomic E-state index is 0.0701. The van der Waals surface area contributed by atoms with Crippen LogP contribution in [0.1, 0.15) is 45.2 Å². The Morgan fingerprint density at radius 1 is 0.949 bits per heavy atom. The third-order valence-electron chi connectivity index (χ3n) is 6.19. The van der Waals surface area contributed by atoms with E-state index in [1.165, 1.54) is 17.0 Å². The first-order valence-electron chi connectivity index (χ1n) is 12.8. The summed E-state index contributed by atoms with van der Waals surface area (Å²) in [5, 5.41) is 2.98. The van der Waals surface area contributed by atoms with Crippen molar-refractivity contribution in [2.75, 3.05) is 10.8 Å². The molecule has 1 N–H and O–H groups in total. The number of nitrogens with one attached hydrogen (secondary N) is 1. The zero-order valence-electron chi connectivity index (χ0n) is 23.0. The highest BCUT2D eigenvalue weighted by Crippen LogP contribution is 2.27. The summed E-state index contributed by atoms with van der Waals surface area (Å²) in [6, 6.07) is 21.7. The quantitative estimate of drug-likeness (QED) is 0.319. The minimum atomic E-state index is -4.10. The summed E-state index contributed by atoms with van der Waals surface area (Å²) in [6.07, 6.45) is 0.363. The molecule has 0 aliphatic rings. The minimum Gasteiger partial charge on any atom is -0.350 e. The molecule has 39 heavy (non-hydrogen) atoms. The summed E-state index contributed by atoms with van der Waals surface area (Å²) in [6.45, 7) is 9.13. The monoisotopic (exact) mass is 613 g/mol. The van der Waals surface area contributed by atoms with Crippen LogP contribution in [-0.2, 0) is 26.2 Å². The molecule has 0 spiro atoms. The van der Waals surface area contributed by atoms with Gasteiger partial charge in [0.15, 0.2) is 0 Å². The molecule has 0 fully saturated rings. The van der Waals surface area contributed by atoms with Crippen LogP contribution in [0.5, 0.6) is 0 Å². The summed E-state index contributed by atoms with van der Waals surface area (Å²) in [4.78, 5) is 29.1. The van der Waals surface area contributed by atoms with Gasteiger partial charge in [0.05, 0.1) is 10.6 Å². The van der Waals surface area contributed by atoms with Crippen LogP contribution in [0.4, 0.5) is 5.69 Å². The summed E-state index contributed by atoms with van der Waals surface area (Å²) in [5.41, 5.74) is 1.69. The van der Waals surface area contributed by atoms with Crippen LogP contribution in [0, 0.1) is 6.92 Å². The van der Waals surface area contributed by atoms with Crippen LogP contribution < -0.4 is 9.62 Å². The van der Waals surface area contributed by atoms with Crippen molar-refractivity contribution in [2.24, 2.45) is 0 Å². The van der Waals surface area contributed by atoms with E-state index in [0.717, 1.165) is 15.4 Å². The Hall–Kier alpha value is -3.17. The molecule has 0 saturated heterocycles. The van der Waals surface area contributed by atoms with Gasteiger partial charge in [-0.05, 0) is 75.6 Å². The number of hydrogen-bond acceptors (Lipinski definition) is 4. The highest BCUT2D eigenvalue weighted by Gasteiger charge is 2.34. The van der Waals surface area contributed by atoms with Gasteiger partial charge in [0.25, 0.3) is 10.0 Å². The lowest BCUT2D eigenvalue weighted by Crippen LogP contribution is -2.55. The van der Waals surface area contributed by atoms with Crippen LogP contribution in [0.25, 0.3) is 0 Å². The molecule has 7 nitrogen and oxygen atoms in total. The molecule has 3 rings (SSSR count). The van der Waals surface area contributed by atoms with Gasteiger partial charge in [0.2, 0.25) is 11.8 Å². The molecule has 1 unspecified atom stereocenters. The average molecular weight is 615 g/mol. The van der Waals surface area contributed by atoms with Gasteiger partial charge in [0, 0.05) is 16.6 Å². The van der Waals surface area contributed by atoms with Crippen molar-refractivity contribution in [3.8, 4) is 0 Å². The molecule has 0 aliphatic carbocycles. The Labute approximate surface area is 240 Å². The largest absolute Gasteiger partial charge is 0.350 e. The number of carbonyl (C=O) groups excluding carboxylic acids is 2. The summed E-state index contributed by atoms with van der Waals surface area (Å²) >= 11 is 3.41. The van der Waals surface area contributed by atoms with Crippen LogP contribution in [0.3, 0.4) is 0 Å². The van der Waals surface area contributed by atoms with E-state index in [1.54, 1.807) is 42.5 Å². The van der Waals surface area contributed by atoms with Crippen molar-refractivity contribution in [2.45, 2.75) is 64.1 Å². The third-order valence-corrected chi connectivity index (χ3v) is 8.47. The highest BCUT2D eigenvalue weighted by atomic mass is 79.9. The number of carbonyl (C=O) groups is 2. The predicted molar refractivity (Wildman–Crippen MR) is 159 cm³/mol. The fourth-order valence-corrected chi connectivity index (χ4v) is 6.04. The third kappa shape index (κ3) is 7.92. The van der Waals surface area contributed by atoms with E-state index in [-0.39, 0.29) is 17.3 Å². The van der Waals surface area contributed by atoms with Crippen LogP contribution in [-0.4, -0.2) is 43.3 Å². The van der Waals surface area contributed by atoms with Crippen molar-refractivity contribution in [1.29, 1.82) is 0 Å². The topological polar surface area (TPSA) is 86.8 Å². The SMILES string of the molecule is CCC(C(=O)NC(C)(C)C)N(Cc1ccccc1C)C(=O)CN(c1cccc(Br)c1)S(=O)(=O)c1ccccc1. The molecule has 0 radical (unpaired) electrons. The maximum absolute atomic E-state index is 14.1. The maximum Gasteiger partial charge on any atom is 0.264 e. The molecule has 3 aromatic rings. The Morgan fingerprint density at radius 2 is 1.59 bits per heavy atom. The number of halogens is 1. The lowest BCUT2D eigenvalue weighted by Gasteiger charge is -2.35. The van der Waals surface area contributed by atoms with E-state index in [0.29, 0.717) is 16.6 Å². The Bertz CT molecular complexity index is 1400. The van der Waals surface area contributed by atoms with Gasteiger partial charge in [-0.15, -0.1) is 0 Å². The normalized spacial score (nSPS) is 12.5. The molecule has 0 aliphatic heterocycles. The molecule has 1 atom stereocenters. The molecule has 0 saturated carbocycles. The predicted octanol–water partition coefficient (Wildman–Crippen LogP) is 5.67. The number of benzene rings is 3. The molecular formula is C30H36BrN3O4S. The second-order valence-electron chi connectivity index (χ2n) is 10.4. The zero-order chi connectivity index (χ0) is 28.8. The van der Waals surface area contributed by atoms with E-state index < -0.39 is 34.1 Å². The number of rotatable bonds is 10. The molecular weight excluding hydrogens is 578 g/mol. The standard InChI is InChI=1S/C30H36BrN3O4S/c1-6-27(29(36)32-30(3,4)5)33(20-23-14-11-10-13-22(23)2)28(35)21-34(25-16-12-15-24(31)19-25)39(37,38)26-17-8-7-9-18-26/h7-19,27H,6,20-21H2,1-5H3,(H,32,36). The number of amides is 2. The number of hydrogen-bond donors (Lipinski definition) is 1. The van der Waals surface area contributed by atoms with Gasteiger partial charge in [0.1, 0.15) is 12.6 Å². The smallest absolute Gasteiger partial charge is 0.264 e. The van der Waals surface area contributed by atoms with Crippen LogP contribution in [0.15, 0.2) is 88.2 Å². The van der Waals surface area contributed by atoms with Crippen LogP contribution >= 0.6 is 15.9 Å². The van der Waals surface area contributed by atoms with Gasteiger partial charge in [-0.1, -0.05) is 71.4 Å². The average Bonchev–Trinajstić information content (AvgIpc) is 2.87. The highest BCUT2D eigenvalue weighted by molar-refractivity contribution is 9.10.